The van der Waals surface area contributed by atoms with Gasteiger partial charge in [-0.2, -0.15) is 9.61 Å². The normalized spacial score (nSPS) is 14.2. The van der Waals surface area contributed by atoms with Crippen molar-refractivity contribution in [3.05, 3.63) is 101 Å². The highest BCUT2D eigenvalue weighted by Gasteiger charge is 2.23. The second kappa shape index (κ2) is 10.7. The molecular formula is C30H27Cl2N5O. The molecule has 0 bridgehead atoms. The van der Waals surface area contributed by atoms with Gasteiger partial charge in [0.15, 0.2) is 5.65 Å². The lowest BCUT2D eigenvalue weighted by atomic mass is 10.1. The highest BCUT2D eigenvalue weighted by Crippen LogP contribution is 2.32. The Morgan fingerprint density at radius 1 is 0.816 bits per heavy atom. The summed E-state index contributed by atoms with van der Waals surface area (Å²) >= 11 is 12.4. The number of hydrogen-bond donors (Lipinski definition) is 0. The van der Waals surface area contributed by atoms with Crippen molar-refractivity contribution in [1.82, 2.24) is 19.5 Å². The van der Waals surface area contributed by atoms with Gasteiger partial charge in [-0.1, -0.05) is 65.7 Å². The van der Waals surface area contributed by atoms with Crippen LogP contribution in [0.25, 0.3) is 28.0 Å². The van der Waals surface area contributed by atoms with Crippen LogP contribution in [-0.2, 0) is 6.54 Å². The molecule has 0 atom stereocenters. The van der Waals surface area contributed by atoms with Gasteiger partial charge in [0.05, 0.1) is 19.0 Å². The van der Waals surface area contributed by atoms with Crippen molar-refractivity contribution in [2.75, 3.05) is 38.2 Å². The Labute approximate surface area is 232 Å². The van der Waals surface area contributed by atoms with Crippen molar-refractivity contribution in [3.63, 3.8) is 0 Å². The highest BCUT2D eigenvalue weighted by atomic mass is 35.5. The third kappa shape index (κ3) is 4.95. The molecule has 3 aromatic carbocycles. The molecule has 0 aliphatic carbocycles. The first-order chi connectivity index (χ1) is 18.6. The maximum Gasteiger partial charge on any atom is 0.165 e. The number of fused-ring (bicyclic) bond motifs is 1. The quantitative estimate of drug-likeness (QED) is 0.238. The molecule has 38 heavy (non-hydrogen) atoms. The van der Waals surface area contributed by atoms with Crippen molar-refractivity contribution >= 4 is 34.7 Å². The number of benzene rings is 3. The van der Waals surface area contributed by atoms with Gasteiger partial charge in [-0.25, -0.2) is 4.98 Å². The first-order valence-corrected chi connectivity index (χ1v) is 13.3. The smallest absolute Gasteiger partial charge is 0.165 e. The van der Waals surface area contributed by atoms with Gasteiger partial charge in [0.1, 0.15) is 11.6 Å². The van der Waals surface area contributed by atoms with Crippen LogP contribution < -0.4 is 9.64 Å². The second-order valence-electron chi connectivity index (χ2n) is 9.39. The molecule has 0 N–H and O–H groups in total. The summed E-state index contributed by atoms with van der Waals surface area (Å²) in [6.07, 6.45) is 1.89. The van der Waals surface area contributed by atoms with Crippen LogP contribution in [0.2, 0.25) is 10.0 Å². The van der Waals surface area contributed by atoms with E-state index in [1.54, 1.807) is 7.11 Å². The highest BCUT2D eigenvalue weighted by molar-refractivity contribution is 6.31. The van der Waals surface area contributed by atoms with Crippen LogP contribution in [0.3, 0.4) is 0 Å². The van der Waals surface area contributed by atoms with E-state index in [0.29, 0.717) is 5.02 Å². The third-order valence-electron chi connectivity index (χ3n) is 7.01. The molecule has 0 saturated carbocycles. The molecule has 2 aromatic heterocycles. The zero-order chi connectivity index (χ0) is 26.1. The van der Waals surface area contributed by atoms with Crippen LogP contribution in [0.5, 0.6) is 5.75 Å². The number of anilines is 1. The van der Waals surface area contributed by atoms with Crippen LogP contribution in [0.1, 0.15) is 5.56 Å². The lowest BCUT2D eigenvalue weighted by Crippen LogP contribution is -2.46. The van der Waals surface area contributed by atoms with Crippen molar-refractivity contribution < 1.29 is 4.74 Å². The van der Waals surface area contributed by atoms with E-state index >= 15 is 0 Å². The van der Waals surface area contributed by atoms with Crippen LogP contribution in [0.4, 0.5) is 5.82 Å². The second-order valence-corrected chi connectivity index (χ2v) is 10.3. The van der Waals surface area contributed by atoms with Crippen LogP contribution >= 0.6 is 23.2 Å². The molecule has 6 rings (SSSR count). The van der Waals surface area contributed by atoms with Gasteiger partial charge < -0.3 is 9.64 Å². The third-order valence-corrected chi connectivity index (χ3v) is 7.50. The summed E-state index contributed by atoms with van der Waals surface area (Å²) in [6, 6.07) is 26.1. The molecule has 0 radical (unpaired) electrons. The van der Waals surface area contributed by atoms with E-state index in [4.69, 9.17) is 38.0 Å². The molecule has 0 spiro atoms. The average Bonchev–Trinajstić information content (AvgIpc) is 3.38. The number of hydrogen-bond acceptors (Lipinski definition) is 5. The molecule has 3 heterocycles. The number of methoxy groups -OCH3 is 1. The number of aromatic nitrogens is 3. The van der Waals surface area contributed by atoms with Crippen molar-refractivity contribution in [1.29, 1.82) is 0 Å². The van der Waals surface area contributed by atoms with Gasteiger partial charge in [-0.05, 0) is 35.9 Å². The van der Waals surface area contributed by atoms with E-state index in [1.807, 2.05) is 71.4 Å². The molecule has 1 aliphatic rings. The summed E-state index contributed by atoms with van der Waals surface area (Å²) < 4.78 is 7.52. The summed E-state index contributed by atoms with van der Waals surface area (Å²) in [6.45, 7) is 4.34. The van der Waals surface area contributed by atoms with Crippen LogP contribution in [0, 0.1) is 0 Å². The molecule has 8 heteroatoms. The van der Waals surface area contributed by atoms with Crippen molar-refractivity contribution in [2.45, 2.75) is 6.54 Å². The fourth-order valence-electron chi connectivity index (χ4n) is 5.01. The fraction of sp³-hybridized carbons (Fsp3) is 0.200. The first kappa shape index (κ1) is 24.7. The molecule has 0 unspecified atom stereocenters. The van der Waals surface area contributed by atoms with Gasteiger partial charge in [0, 0.05) is 65.5 Å². The number of piperazine rings is 1. The van der Waals surface area contributed by atoms with Gasteiger partial charge in [-0.3, -0.25) is 4.90 Å². The maximum absolute atomic E-state index is 6.26. The zero-order valence-electron chi connectivity index (χ0n) is 21.0. The minimum absolute atomic E-state index is 0.706. The summed E-state index contributed by atoms with van der Waals surface area (Å²) in [7, 11) is 1.70. The van der Waals surface area contributed by atoms with Crippen LogP contribution in [-0.4, -0.2) is 52.8 Å². The minimum atomic E-state index is 0.706. The van der Waals surface area contributed by atoms with Crippen molar-refractivity contribution in [2.24, 2.45) is 0 Å². The van der Waals surface area contributed by atoms with Gasteiger partial charge in [0.2, 0.25) is 0 Å². The van der Waals surface area contributed by atoms with Crippen molar-refractivity contribution in [3.8, 4) is 28.1 Å². The molecule has 0 amide bonds. The average molecular weight is 544 g/mol. The number of ether oxygens (including phenoxy) is 1. The predicted molar refractivity (Wildman–Crippen MR) is 154 cm³/mol. The SMILES string of the molecule is COc1ccc(Cl)cc1CN1CCN(c2cc(-c3ccccc3)nc3c(-c4ccc(Cl)cc4)cnn23)CC1. The van der Waals surface area contributed by atoms with E-state index in [2.05, 4.69) is 28.0 Å². The first-order valence-electron chi connectivity index (χ1n) is 12.6. The Balaban J connectivity index is 1.32. The monoisotopic (exact) mass is 543 g/mol. The Kier molecular flexibility index (Phi) is 6.94. The molecule has 1 aliphatic heterocycles. The zero-order valence-corrected chi connectivity index (χ0v) is 22.5. The van der Waals surface area contributed by atoms with E-state index in [-0.39, 0.29) is 0 Å². The Hall–Kier alpha value is -3.58. The van der Waals surface area contributed by atoms with Gasteiger partial charge >= 0.3 is 0 Å². The standard InChI is InChI=1S/C30H27Cl2N5O/c1-38-28-12-11-25(32)17-23(28)20-35-13-15-36(16-14-35)29-18-27(22-5-3-2-4-6-22)34-30-26(19-33-37(29)30)21-7-9-24(31)10-8-21/h2-12,17-19H,13-16,20H2,1H3. The molecular weight excluding hydrogens is 517 g/mol. The molecule has 1 saturated heterocycles. The summed E-state index contributed by atoms with van der Waals surface area (Å²) in [5.41, 5.74) is 5.95. The molecule has 192 valence electrons. The predicted octanol–water partition coefficient (Wildman–Crippen LogP) is 6.70. The largest absolute Gasteiger partial charge is 0.496 e. The number of rotatable bonds is 6. The maximum atomic E-state index is 6.26. The summed E-state index contributed by atoms with van der Waals surface area (Å²) in [5, 5.41) is 6.21. The van der Waals surface area contributed by atoms with E-state index in [1.165, 1.54) is 0 Å². The Morgan fingerprint density at radius 2 is 1.55 bits per heavy atom. The lowest BCUT2D eigenvalue weighted by molar-refractivity contribution is 0.245. The summed E-state index contributed by atoms with van der Waals surface area (Å²) in [4.78, 5) is 9.89. The Bertz CT molecular complexity index is 1560. The van der Waals surface area contributed by atoms with E-state index < -0.39 is 0 Å². The summed E-state index contributed by atoms with van der Waals surface area (Å²) in [5.74, 6) is 1.90. The van der Waals surface area contributed by atoms with E-state index in [9.17, 15) is 0 Å². The number of nitrogens with zero attached hydrogens (tertiary/aromatic N) is 5. The van der Waals surface area contributed by atoms with Gasteiger partial charge in [-0.15, -0.1) is 0 Å². The number of halogens is 2. The topological polar surface area (TPSA) is 45.9 Å². The molecule has 5 aromatic rings. The van der Waals surface area contributed by atoms with E-state index in [0.717, 1.165) is 82.9 Å². The van der Waals surface area contributed by atoms with Crippen LogP contribution in [0.15, 0.2) is 85.1 Å². The Morgan fingerprint density at radius 3 is 2.29 bits per heavy atom. The molecule has 1 fully saturated rings. The lowest BCUT2D eigenvalue weighted by Gasteiger charge is -2.36. The fourth-order valence-corrected chi connectivity index (χ4v) is 5.33. The molecule has 6 nitrogen and oxygen atoms in total. The minimum Gasteiger partial charge on any atom is -0.496 e. The van der Waals surface area contributed by atoms with Gasteiger partial charge in [0.25, 0.3) is 0 Å².